The fourth-order valence-electron chi connectivity index (χ4n) is 1.74. The summed E-state index contributed by atoms with van der Waals surface area (Å²) in [4.78, 5) is 0. The summed E-state index contributed by atoms with van der Waals surface area (Å²) >= 11 is 6.07. The molecular formula is C14H13ClFNO. The van der Waals surface area contributed by atoms with Crippen LogP contribution in [0.25, 0.3) is 0 Å². The van der Waals surface area contributed by atoms with Crippen molar-refractivity contribution in [3.05, 3.63) is 58.4 Å². The number of halogens is 2. The van der Waals surface area contributed by atoms with Gasteiger partial charge in [0.05, 0.1) is 10.7 Å². The van der Waals surface area contributed by atoms with Crippen LogP contribution in [0, 0.1) is 12.7 Å². The molecule has 0 radical (unpaired) electrons. The van der Waals surface area contributed by atoms with Gasteiger partial charge in [0.2, 0.25) is 0 Å². The van der Waals surface area contributed by atoms with E-state index in [-0.39, 0.29) is 5.75 Å². The average Bonchev–Trinajstić information content (AvgIpc) is 2.33. The highest BCUT2D eigenvalue weighted by Crippen LogP contribution is 2.27. The van der Waals surface area contributed by atoms with Crippen molar-refractivity contribution in [2.75, 3.05) is 5.32 Å². The van der Waals surface area contributed by atoms with Crippen molar-refractivity contribution in [1.29, 1.82) is 0 Å². The Kier molecular flexibility index (Phi) is 3.72. The minimum Gasteiger partial charge on any atom is -0.505 e. The molecule has 94 valence electrons. The lowest BCUT2D eigenvalue weighted by molar-refractivity contribution is 0.427. The van der Waals surface area contributed by atoms with E-state index < -0.39 is 5.82 Å². The summed E-state index contributed by atoms with van der Waals surface area (Å²) in [5, 5.41) is 13.3. The number of aryl methyl sites for hydroxylation is 1. The van der Waals surface area contributed by atoms with Gasteiger partial charge in [-0.3, -0.25) is 0 Å². The SMILES string of the molecule is Cc1cccc(Cl)c1NCc1cccc(F)c1O. The fraction of sp³-hybridized carbons (Fsp3) is 0.143. The molecule has 0 aliphatic rings. The lowest BCUT2D eigenvalue weighted by Gasteiger charge is -2.12. The molecule has 2 nitrogen and oxygen atoms in total. The Labute approximate surface area is 110 Å². The van der Waals surface area contributed by atoms with E-state index in [9.17, 15) is 9.50 Å². The number of hydrogen-bond acceptors (Lipinski definition) is 2. The van der Waals surface area contributed by atoms with Gasteiger partial charge < -0.3 is 10.4 Å². The number of nitrogens with one attached hydrogen (secondary N) is 1. The zero-order valence-electron chi connectivity index (χ0n) is 9.87. The van der Waals surface area contributed by atoms with Crippen molar-refractivity contribution in [2.24, 2.45) is 0 Å². The van der Waals surface area contributed by atoms with Gasteiger partial charge in [0.25, 0.3) is 0 Å². The Balaban J connectivity index is 2.19. The van der Waals surface area contributed by atoms with Crippen LogP contribution >= 0.6 is 11.6 Å². The first-order valence-corrected chi connectivity index (χ1v) is 5.92. The lowest BCUT2D eigenvalue weighted by atomic mass is 10.1. The number of para-hydroxylation sites is 2. The smallest absolute Gasteiger partial charge is 0.165 e. The lowest BCUT2D eigenvalue weighted by Crippen LogP contribution is -2.02. The monoisotopic (exact) mass is 265 g/mol. The third kappa shape index (κ3) is 2.57. The Morgan fingerprint density at radius 2 is 1.94 bits per heavy atom. The molecule has 2 N–H and O–H groups in total. The molecule has 2 aromatic carbocycles. The van der Waals surface area contributed by atoms with Crippen molar-refractivity contribution >= 4 is 17.3 Å². The number of benzene rings is 2. The largest absolute Gasteiger partial charge is 0.505 e. The highest BCUT2D eigenvalue weighted by atomic mass is 35.5. The zero-order chi connectivity index (χ0) is 13.1. The van der Waals surface area contributed by atoms with Gasteiger partial charge in [-0.2, -0.15) is 0 Å². The molecule has 4 heteroatoms. The van der Waals surface area contributed by atoms with Crippen LogP contribution in [0.15, 0.2) is 36.4 Å². The van der Waals surface area contributed by atoms with E-state index in [1.165, 1.54) is 6.07 Å². The van der Waals surface area contributed by atoms with Gasteiger partial charge in [-0.25, -0.2) is 4.39 Å². The van der Waals surface area contributed by atoms with E-state index in [0.717, 1.165) is 11.3 Å². The first-order valence-electron chi connectivity index (χ1n) is 5.55. The first-order chi connectivity index (χ1) is 8.59. The van der Waals surface area contributed by atoms with Crippen LogP contribution in [0.1, 0.15) is 11.1 Å². The molecule has 0 heterocycles. The molecule has 0 fully saturated rings. The van der Waals surface area contributed by atoms with E-state index in [1.807, 2.05) is 19.1 Å². The number of aromatic hydroxyl groups is 1. The molecule has 0 spiro atoms. The normalized spacial score (nSPS) is 10.4. The molecule has 0 aliphatic heterocycles. The quantitative estimate of drug-likeness (QED) is 0.875. The van der Waals surface area contributed by atoms with E-state index in [4.69, 9.17) is 11.6 Å². The summed E-state index contributed by atoms with van der Waals surface area (Å²) in [5.41, 5.74) is 2.29. The fourth-order valence-corrected chi connectivity index (χ4v) is 2.03. The second kappa shape index (κ2) is 5.27. The average molecular weight is 266 g/mol. The molecule has 0 unspecified atom stereocenters. The molecule has 0 atom stereocenters. The Morgan fingerprint density at radius 3 is 2.67 bits per heavy atom. The van der Waals surface area contributed by atoms with E-state index in [2.05, 4.69) is 5.32 Å². The maximum absolute atomic E-state index is 13.2. The molecule has 0 amide bonds. The van der Waals surface area contributed by atoms with E-state index in [1.54, 1.807) is 18.2 Å². The highest BCUT2D eigenvalue weighted by molar-refractivity contribution is 6.33. The van der Waals surface area contributed by atoms with Crippen LogP contribution in [-0.4, -0.2) is 5.11 Å². The molecule has 18 heavy (non-hydrogen) atoms. The van der Waals surface area contributed by atoms with E-state index >= 15 is 0 Å². The van der Waals surface area contributed by atoms with Crippen molar-refractivity contribution in [3.8, 4) is 5.75 Å². The third-order valence-electron chi connectivity index (χ3n) is 2.75. The van der Waals surface area contributed by atoms with Crippen LogP contribution in [0.3, 0.4) is 0 Å². The number of phenols is 1. The van der Waals surface area contributed by atoms with Gasteiger partial charge in [-0.1, -0.05) is 35.9 Å². The predicted molar refractivity (Wildman–Crippen MR) is 71.6 cm³/mol. The molecule has 0 saturated heterocycles. The summed E-state index contributed by atoms with van der Waals surface area (Å²) in [7, 11) is 0. The molecule has 0 saturated carbocycles. The van der Waals surface area contributed by atoms with Gasteiger partial charge in [-0.15, -0.1) is 0 Å². The molecule has 0 aliphatic carbocycles. The maximum Gasteiger partial charge on any atom is 0.165 e. The van der Waals surface area contributed by atoms with Crippen molar-refractivity contribution in [1.82, 2.24) is 0 Å². The van der Waals surface area contributed by atoms with E-state index in [0.29, 0.717) is 17.1 Å². The van der Waals surface area contributed by atoms with Crippen molar-refractivity contribution in [3.63, 3.8) is 0 Å². The van der Waals surface area contributed by atoms with Crippen LogP contribution < -0.4 is 5.32 Å². The number of phenolic OH excluding ortho intramolecular Hbond substituents is 1. The topological polar surface area (TPSA) is 32.3 Å². The Hall–Kier alpha value is -1.74. The Morgan fingerprint density at radius 1 is 1.22 bits per heavy atom. The van der Waals surface area contributed by atoms with Crippen molar-refractivity contribution < 1.29 is 9.50 Å². The minimum absolute atomic E-state index is 0.314. The molecule has 2 rings (SSSR count). The van der Waals surface area contributed by atoms with Crippen LogP contribution in [0.5, 0.6) is 5.75 Å². The number of hydrogen-bond donors (Lipinski definition) is 2. The van der Waals surface area contributed by atoms with Gasteiger partial charge in [0, 0.05) is 12.1 Å². The molecule has 0 aromatic heterocycles. The summed E-state index contributed by atoms with van der Waals surface area (Å²) in [6.07, 6.45) is 0. The molecule has 0 bridgehead atoms. The third-order valence-corrected chi connectivity index (χ3v) is 3.06. The summed E-state index contributed by atoms with van der Waals surface area (Å²) in [6.45, 7) is 2.24. The summed E-state index contributed by atoms with van der Waals surface area (Å²) < 4.78 is 13.2. The second-order valence-electron chi connectivity index (χ2n) is 4.03. The van der Waals surface area contributed by atoms with Crippen LogP contribution in [0.4, 0.5) is 10.1 Å². The van der Waals surface area contributed by atoms with Crippen molar-refractivity contribution in [2.45, 2.75) is 13.5 Å². The summed E-state index contributed by atoms with van der Waals surface area (Å²) in [6, 6.07) is 10.0. The van der Waals surface area contributed by atoms with Gasteiger partial charge in [0.15, 0.2) is 11.6 Å². The minimum atomic E-state index is -0.620. The molecule has 2 aromatic rings. The first kappa shape index (κ1) is 12.7. The highest BCUT2D eigenvalue weighted by Gasteiger charge is 2.08. The van der Waals surface area contributed by atoms with Gasteiger partial charge in [0.1, 0.15) is 0 Å². The molecular weight excluding hydrogens is 253 g/mol. The predicted octanol–water partition coefficient (Wildman–Crippen LogP) is 4.11. The maximum atomic E-state index is 13.2. The Bertz CT molecular complexity index is 551. The standard InChI is InChI=1S/C14H13ClFNO/c1-9-4-2-6-11(15)13(9)17-8-10-5-3-7-12(16)14(10)18/h2-7,17-18H,8H2,1H3. The van der Waals surface area contributed by atoms with Crippen LogP contribution in [-0.2, 0) is 6.54 Å². The van der Waals surface area contributed by atoms with Gasteiger partial charge >= 0.3 is 0 Å². The van der Waals surface area contributed by atoms with Gasteiger partial charge in [-0.05, 0) is 24.6 Å². The van der Waals surface area contributed by atoms with Crippen LogP contribution in [0.2, 0.25) is 5.02 Å². The number of anilines is 1. The number of rotatable bonds is 3. The summed E-state index contributed by atoms with van der Waals surface area (Å²) in [5.74, 6) is -0.945. The zero-order valence-corrected chi connectivity index (χ0v) is 10.6. The second-order valence-corrected chi connectivity index (χ2v) is 4.44.